The van der Waals surface area contributed by atoms with E-state index in [1.165, 1.54) is 0 Å². The Morgan fingerprint density at radius 2 is 2.22 bits per heavy atom. The molecule has 6 heteroatoms. The summed E-state index contributed by atoms with van der Waals surface area (Å²) in [6.07, 6.45) is 0.384. The average Bonchev–Trinajstić information content (AvgIpc) is 2.61. The molecular weight excluding hydrogens is 252 g/mol. The number of amides is 1. The summed E-state index contributed by atoms with van der Waals surface area (Å²) < 4.78 is 1.81. The molecule has 0 atom stereocenters. The minimum atomic E-state index is 0.0540. The van der Waals surface area contributed by atoms with Gasteiger partial charge in [0.1, 0.15) is 0 Å². The third-order valence-corrected chi connectivity index (χ3v) is 3.02. The molecule has 1 amide bonds. The Morgan fingerprint density at radius 3 is 2.89 bits per heavy atom. The molecule has 2 N–H and O–H groups in total. The number of nitrogens with two attached hydrogens (primary N) is 1. The van der Waals surface area contributed by atoms with Gasteiger partial charge < -0.3 is 15.2 Å². The van der Waals surface area contributed by atoms with Gasteiger partial charge in [-0.2, -0.15) is 0 Å². The quantitative estimate of drug-likeness (QED) is 0.921. The zero-order chi connectivity index (χ0) is 13.3. The monoisotopic (exact) mass is 266 g/mol. The number of nitrogens with zero attached hydrogens (tertiary/aromatic N) is 3. The van der Waals surface area contributed by atoms with E-state index in [0.29, 0.717) is 23.9 Å². The van der Waals surface area contributed by atoms with Gasteiger partial charge in [0.15, 0.2) is 0 Å². The Hall–Kier alpha value is -1.75. The molecule has 0 spiro atoms. The van der Waals surface area contributed by atoms with Crippen molar-refractivity contribution in [2.75, 3.05) is 19.8 Å². The summed E-state index contributed by atoms with van der Waals surface area (Å²) in [4.78, 5) is 17.4. The first-order valence-electron chi connectivity index (χ1n) is 5.60. The number of hydrogen-bond donors (Lipinski definition) is 1. The van der Waals surface area contributed by atoms with Gasteiger partial charge in [0.05, 0.1) is 11.0 Å². The maximum absolute atomic E-state index is 11.6. The third-order valence-electron chi connectivity index (χ3n) is 2.79. The highest BCUT2D eigenvalue weighted by Crippen LogP contribution is 2.22. The number of carbonyl (C=O) groups excluding carboxylic acids is 1. The number of benzene rings is 1. The van der Waals surface area contributed by atoms with Gasteiger partial charge in [-0.3, -0.25) is 4.79 Å². The highest BCUT2D eigenvalue weighted by molar-refractivity contribution is 6.31. The highest BCUT2D eigenvalue weighted by atomic mass is 35.5. The number of rotatable bonds is 3. The van der Waals surface area contributed by atoms with Gasteiger partial charge in [-0.25, -0.2) is 4.98 Å². The van der Waals surface area contributed by atoms with Gasteiger partial charge in [-0.1, -0.05) is 11.6 Å². The van der Waals surface area contributed by atoms with E-state index in [0.717, 1.165) is 11.0 Å². The molecule has 5 nitrogen and oxygen atoms in total. The summed E-state index contributed by atoms with van der Waals surface area (Å²) in [5, 5.41) is 0.627. The van der Waals surface area contributed by atoms with Crippen molar-refractivity contribution in [3.05, 3.63) is 23.2 Å². The minimum Gasteiger partial charge on any atom is -0.369 e. The van der Waals surface area contributed by atoms with Gasteiger partial charge in [0, 0.05) is 32.1 Å². The lowest BCUT2D eigenvalue weighted by Crippen LogP contribution is -2.23. The number of hydrogen-bond acceptors (Lipinski definition) is 3. The van der Waals surface area contributed by atoms with E-state index in [1.807, 2.05) is 10.6 Å². The standard InChI is InChI=1S/C12H15ClN4O/c1-16(2)11(18)5-6-17-10-7-8(13)3-4-9(10)15-12(17)14/h3-4,7H,5-6H2,1-2H3,(H2,14,15). The van der Waals surface area contributed by atoms with Crippen LogP contribution in [0.4, 0.5) is 5.95 Å². The molecule has 0 bridgehead atoms. The first-order valence-corrected chi connectivity index (χ1v) is 5.98. The second-order valence-corrected chi connectivity index (χ2v) is 4.73. The molecule has 0 fully saturated rings. The maximum atomic E-state index is 11.6. The van der Waals surface area contributed by atoms with E-state index in [-0.39, 0.29) is 5.91 Å². The van der Waals surface area contributed by atoms with Gasteiger partial charge in [0.25, 0.3) is 0 Å². The van der Waals surface area contributed by atoms with Crippen molar-refractivity contribution in [3.8, 4) is 0 Å². The van der Waals surface area contributed by atoms with Crippen molar-refractivity contribution in [2.45, 2.75) is 13.0 Å². The number of imidazole rings is 1. The Balaban J connectivity index is 2.29. The van der Waals surface area contributed by atoms with Crippen LogP contribution in [0.5, 0.6) is 0 Å². The Morgan fingerprint density at radius 1 is 1.50 bits per heavy atom. The highest BCUT2D eigenvalue weighted by Gasteiger charge is 2.11. The second-order valence-electron chi connectivity index (χ2n) is 4.29. The normalized spacial score (nSPS) is 10.8. The zero-order valence-corrected chi connectivity index (χ0v) is 11.1. The van der Waals surface area contributed by atoms with E-state index in [9.17, 15) is 4.79 Å². The molecule has 0 radical (unpaired) electrons. The molecule has 0 saturated heterocycles. The van der Waals surface area contributed by atoms with E-state index in [2.05, 4.69) is 4.98 Å². The van der Waals surface area contributed by atoms with Crippen LogP contribution in [0.2, 0.25) is 5.02 Å². The molecule has 2 rings (SSSR count). The van der Waals surface area contributed by atoms with Crippen LogP contribution < -0.4 is 5.73 Å². The number of fused-ring (bicyclic) bond motifs is 1. The van der Waals surface area contributed by atoms with Crippen molar-refractivity contribution in [2.24, 2.45) is 0 Å². The molecular formula is C12H15ClN4O. The summed E-state index contributed by atoms with van der Waals surface area (Å²) >= 11 is 5.96. The summed E-state index contributed by atoms with van der Waals surface area (Å²) in [7, 11) is 3.46. The first-order chi connectivity index (χ1) is 8.49. The largest absolute Gasteiger partial charge is 0.369 e. The summed E-state index contributed by atoms with van der Waals surface area (Å²) in [5.74, 6) is 0.456. The molecule has 1 heterocycles. The topological polar surface area (TPSA) is 64.2 Å². The predicted octanol–water partition coefficient (Wildman–Crippen LogP) is 1.75. The van der Waals surface area contributed by atoms with E-state index in [1.54, 1.807) is 31.1 Å². The van der Waals surface area contributed by atoms with E-state index < -0.39 is 0 Å². The average molecular weight is 267 g/mol. The number of halogens is 1. The summed E-state index contributed by atoms with van der Waals surface area (Å²) in [5.41, 5.74) is 7.49. The Labute approximate surface area is 110 Å². The molecule has 2 aromatic rings. The zero-order valence-electron chi connectivity index (χ0n) is 10.4. The van der Waals surface area contributed by atoms with Crippen LogP contribution in [0.25, 0.3) is 11.0 Å². The number of aromatic nitrogens is 2. The lowest BCUT2D eigenvalue weighted by molar-refractivity contribution is -0.128. The van der Waals surface area contributed by atoms with E-state index in [4.69, 9.17) is 17.3 Å². The Kier molecular flexibility index (Phi) is 3.43. The fraction of sp³-hybridized carbons (Fsp3) is 0.333. The third kappa shape index (κ3) is 2.41. The Bertz CT molecular complexity index is 591. The van der Waals surface area contributed by atoms with Crippen LogP contribution in [-0.4, -0.2) is 34.5 Å². The van der Waals surface area contributed by atoms with Crippen molar-refractivity contribution in [1.29, 1.82) is 0 Å². The van der Waals surface area contributed by atoms with Crippen molar-refractivity contribution < 1.29 is 4.79 Å². The van der Waals surface area contributed by atoms with Crippen molar-refractivity contribution in [3.63, 3.8) is 0 Å². The molecule has 1 aromatic carbocycles. The SMILES string of the molecule is CN(C)C(=O)CCn1c(N)nc2ccc(Cl)cc21. The van der Waals surface area contributed by atoms with Crippen LogP contribution in [0, 0.1) is 0 Å². The molecule has 1 aromatic heterocycles. The minimum absolute atomic E-state index is 0.0540. The fourth-order valence-electron chi connectivity index (χ4n) is 1.78. The predicted molar refractivity (Wildman–Crippen MR) is 72.5 cm³/mol. The lowest BCUT2D eigenvalue weighted by atomic mass is 10.3. The van der Waals surface area contributed by atoms with Gasteiger partial charge in [-0.15, -0.1) is 0 Å². The fourth-order valence-corrected chi connectivity index (χ4v) is 1.95. The molecule has 18 heavy (non-hydrogen) atoms. The molecule has 96 valence electrons. The summed E-state index contributed by atoms with van der Waals surface area (Å²) in [6.45, 7) is 0.500. The molecule has 0 aliphatic rings. The molecule has 0 aliphatic carbocycles. The number of aryl methyl sites for hydroxylation is 1. The van der Waals surface area contributed by atoms with Crippen LogP contribution in [0.3, 0.4) is 0 Å². The van der Waals surface area contributed by atoms with Crippen molar-refractivity contribution in [1.82, 2.24) is 14.5 Å². The van der Waals surface area contributed by atoms with Gasteiger partial charge in [-0.05, 0) is 18.2 Å². The molecule has 0 aliphatic heterocycles. The second kappa shape index (κ2) is 4.86. The number of anilines is 1. The first kappa shape index (κ1) is 12.7. The number of nitrogen functional groups attached to an aromatic ring is 1. The van der Waals surface area contributed by atoms with Crippen LogP contribution in [0.15, 0.2) is 18.2 Å². The molecule has 0 saturated carbocycles. The van der Waals surface area contributed by atoms with Crippen molar-refractivity contribution >= 4 is 34.5 Å². The summed E-state index contributed by atoms with van der Waals surface area (Å²) in [6, 6.07) is 5.39. The van der Waals surface area contributed by atoms with Crippen LogP contribution in [0.1, 0.15) is 6.42 Å². The maximum Gasteiger partial charge on any atom is 0.223 e. The smallest absolute Gasteiger partial charge is 0.223 e. The van der Waals surface area contributed by atoms with Crippen LogP contribution in [-0.2, 0) is 11.3 Å². The van der Waals surface area contributed by atoms with Gasteiger partial charge in [0.2, 0.25) is 11.9 Å². The van der Waals surface area contributed by atoms with Crippen LogP contribution >= 0.6 is 11.6 Å². The van der Waals surface area contributed by atoms with E-state index >= 15 is 0 Å². The molecule has 0 unspecified atom stereocenters. The number of carbonyl (C=O) groups is 1. The lowest BCUT2D eigenvalue weighted by Gasteiger charge is -2.11. The van der Waals surface area contributed by atoms with Gasteiger partial charge >= 0.3 is 0 Å².